The predicted octanol–water partition coefficient (Wildman–Crippen LogP) is 11.4. The Balaban J connectivity index is 1.40. The molecule has 0 N–H and O–H groups in total. The summed E-state index contributed by atoms with van der Waals surface area (Å²) in [5, 5.41) is 10.9. The van der Waals surface area contributed by atoms with Crippen LogP contribution < -0.4 is 9.47 Å². The Bertz CT molecular complexity index is 1990. The quantitative estimate of drug-likeness (QED) is 0.180. The molecule has 0 aliphatic carbocycles. The van der Waals surface area contributed by atoms with Crippen LogP contribution in [0, 0.1) is 13.8 Å². The number of halogens is 2. The van der Waals surface area contributed by atoms with Crippen molar-refractivity contribution >= 4 is 66.3 Å². The zero-order chi connectivity index (χ0) is 28.8. The van der Waals surface area contributed by atoms with Gasteiger partial charge in [0.25, 0.3) is 0 Å². The monoisotopic (exact) mass is 586 g/mol. The van der Waals surface area contributed by atoms with E-state index in [0.717, 1.165) is 44.5 Å². The van der Waals surface area contributed by atoms with Crippen LogP contribution in [0.2, 0.25) is 10.0 Å². The van der Waals surface area contributed by atoms with E-state index in [1.807, 2.05) is 48.5 Å². The van der Waals surface area contributed by atoms with Gasteiger partial charge in [-0.1, -0.05) is 96.0 Å². The molecule has 0 aromatic heterocycles. The van der Waals surface area contributed by atoms with Gasteiger partial charge in [-0.15, -0.1) is 0 Å². The van der Waals surface area contributed by atoms with Gasteiger partial charge in [-0.25, -0.2) is 0 Å². The Morgan fingerprint density at radius 1 is 0.476 bits per heavy atom. The number of fused-ring (bicyclic) bond motifs is 7. The van der Waals surface area contributed by atoms with Crippen LogP contribution in [0.4, 0.5) is 0 Å². The third-order valence-electron chi connectivity index (χ3n) is 8.07. The first kappa shape index (κ1) is 26.6. The molecule has 0 spiro atoms. The standard InChI is InChI=1S/C38H28Cl2O2/c1-23-17-27-15-13-25-11-12-26-14-16-28-18-24(2)36(42-22-30-8-4-6-10-34(30)40)20-32(28)38(26)37(25)31(27)19-35(23)41-21-29-7-3-5-9-33(29)39/h3-20H,21-22H2,1-2H3. The maximum Gasteiger partial charge on any atom is 0.123 e. The molecule has 4 heteroatoms. The minimum absolute atomic E-state index is 0.409. The molecule has 0 saturated carbocycles. The number of hydrogen-bond acceptors (Lipinski definition) is 2. The Labute approximate surface area is 255 Å². The van der Waals surface area contributed by atoms with Gasteiger partial charge >= 0.3 is 0 Å². The molecule has 2 nitrogen and oxygen atoms in total. The van der Waals surface area contributed by atoms with E-state index >= 15 is 0 Å². The van der Waals surface area contributed by atoms with Gasteiger partial charge in [0.05, 0.1) is 0 Å². The van der Waals surface area contributed by atoms with Gasteiger partial charge in [0.1, 0.15) is 24.7 Å². The molecular formula is C38H28Cl2O2. The van der Waals surface area contributed by atoms with Crippen molar-refractivity contribution in [1.29, 1.82) is 0 Å². The Morgan fingerprint density at radius 3 is 1.26 bits per heavy atom. The lowest BCUT2D eigenvalue weighted by molar-refractivity contribution is 0.304. The highest BCUT2D eigenvalue weighted by Gasteiger charge is 2.14. The second kappa shape index (κ2) is 10.9. The van der Waals surface area contributed by atoms with E-state index in [4.69, 9.17) is 32.7 Å². The zero-order valence-corrected chi connectivity index (χ0v) is 24.9. The lowest BCUT2D eigenvalue weighted by Gasteiger charge is -2.16. The van der Waals surface area contributed by atoms with Crippen molar-refractivity contribution in [2.75, 3.05) is 0 Å². The first-order valence-corrected chi connectivity index (χ1v) is 14.8. The fraction of sp³-hybridized carbons (Fsp3) is 0.105. The van der Waals surface area contributed by atoms with Crippen LogP contribution >= 0.6 is 23.2 Å². The first-order chi connectivity index (χ1) is 20.5. The summed E-state index contributed by atoms with van der Waals surface area (Å²) in [6.07, 6.45) is 0. The van der Waals surface area contributed by atoms with Crippen LogP contribution in [0.1, 0.15) is 22.3 Å². The molecule has 206 valence electrons. The number of rotatable bonds is 6. The van der Waals surface area contributed by atoms with E-state index in [2.05, 4.69) is 74.5 Å². The highest BCUT2D eigenvalue weighted by Crippen LogP contribution is 2.40. The SMILES string of the molecule is Cc1cc2ccc3ccc4ccc5cc(C)c(OCc6ccccc6Cl)cc5c4c3c2cc1OCc1ccccc1Cl. The molecule has 0 aliphatic heterocycles. The summed E-state index contributed by atoms with van der Waals surface area (Å²) >= 11 is 12.8. The van der Waals surface area contributed by atoms with Crippen molar-refractivity contribution in [2.45, 2.75) is 27.1 Å². The molecule has 42 heavy (non-hydrogen) atoms. The molecule has 0 radical (unpaired) electrons. The predicted molar refractivity (Wildman–Crippen MR) is 178 cm³/mol. The van der Waals surface area contributed by atoms with Crippen molar-refractivity contribution in [2.24, 2.45) is 0 Å². The van der Waals surface area contributed by atoms with Crippen molar-refractivity contribution in [1.82, 2.24) is 0 Å². The summed E-state index contributed by atoms with van der Waals surface area (Å²) in [6.45, 7) is 5.00. The number of benzene rings is 7. The van der Waals surface area contributed by atoms with Gasteiger partial charge in [0, 0.05) is 21.2 Å². The van der Waals surface area contributed by atoms with Crippen LogP contribution in [-0.2, 0) is 13.2 Å². The summed E-state index contributed by atoms with van der Waals surface area (Å²) < 4.78 is 12.7. The first-order valence-electron chi connectivity index (χ1n) is 14.0. The lowest BCUT2D eigenvalue weighted by atomic mass is 9.91. The average molecular weight is 588 g/mol. The topological polar surface area (TPSA) is 18.5 Å². The lowest BCUT2D eigenvalue weighted by Crippen LogP contribution is -1.98. The zero-order valence-electron chi connectivity index (χ0n) is 23.4. The van der Waals surface area contributed by atoms with E-state index in [9.17, 15) is 0 Å². The fourth-order valence-electron chi connectivity index (χ4n) is 5.83. The molecule has 0 aliphatic rings. The van der Waals surface area contributed by atoms with E-state index in [1.54, 1.807) is 0 Å². The van der Waals surface area contributed by atoms with E-state index in [1.165, 1.54) is 32.3 Å². The molecule has 0 bridgehead atoms. The largest absolute Gasteiger partial charge is 0.489 e. The summed E-state index contributed by atoms with van der Waals surface area (Å²) in [5.41, 5.74) is 4.11. The summed E-state index contributed by atoms with van der Waals surface area (Å²) in [6, 6.07) is 37.6. The second-order valence-corrected chi connectivity index (χ2v) is 11.6. The van der Waals surface area contributed by atoms with Gasteiger partial charge in [-0.3, -0.25) is 0 Å². The molecule has 0 saturated heterocycles. The van der Waals surface area contributed by atoms with Gasteiger partial charge in [-0.05, 0) is 104 Å². The van der Waals surface area contributed by atoms with E-state index in [0.29, 0.717) is 23.3 Å². The van der Waals surface area contributed by atoms with E-state index < -0.39 is 0 Å². The van der Waals surface area contributed by atoms with Crippen LogP contribution in [-0.4, -0.2) is 0 Å². The van der Waals surface area contributed by atoms with Crippen LogP contribution in [0.25, 0.3) is 43.1 Å². The summed E-state index contributed by atoms with van der Waals surface area (Å²) in [5.74, 6) is 1.71. The Hall–Kier alpha value is -4.24. The summed E-state index contributed by atoms with van der Waals surface area (Å²) in [7, 11) is 0. The van der Waals surface area contributed by atoms with Gasteiger partial charge in [0.15, 0.2) is 0 Å². The number of hydrogen-bond donors (Lipinski definition) is 0. The van der Waals surface area contributed by atoms with Crippen LogP contribution in [0.15, 0.2) is 109 Å². The minimum Gasteiger partial charge on any atom is -0.489 e. The van der Waals surface area contributed by atoms with Crippen molar-refractivity contribution in [3.8, 4) is 11.5 Å². The van der Waals surface area contributed by atoms with Crippen molar-refractivity contribution < 1.29 is 9.47 Å². The smallest absolute Gasteiger partial charge is 0.123 e. The highest BCUT2D eigenvalue weighted by atomic mass is 35.5. The molecule has 7 aromatic rings. The average Bonchev–Trinajstić information content (AvgIpc) is 3.00. The van der Waals surface area contributed by atoms with Crippen molar-refractivity contribution in [3.05, 3.63) is 141 Å². The highest BCUT2D eigenvalue weighted by molar-refractivity contribution is 6.31. The normalized spacial score (nSPS) is 11.5. The van der Waals surface area contributed by atoms with E-state index in [-0.39, 0.29) is 0 Å². The van der Waals surface area contributed by atoms with Crippen LogP contribution in [0.5, 0.6) is 11.5 Å². The number of aryl methyl sites for hydroxylation is 2. The number of ether oxygens (including phenoxy) is 2. The van der Waals surface area contributed by atoms with Crippen LogP contribution in [0.3, 0.4) is 0 Å². The molecule has 7 aromatic carbocycles. The van der Waals surface area contributed by atoms with Gasteiger partial charge in [-0.2, -0.15) is 0 Å². The molecule has 0 heterocycles. The summed E-state index contributed by atoms with van der Waals surface area (Å²) in [4.78, 5) is 0. The third-order valence-corrected chi connectivity index (χ3v) is 8.81. The second-order valence-electron chi connectivity index (χ2n) is 10.8. The molecule has 0 fully saturated rings. The maximum absolute atomic E-state index is 6.42. The maximum atomic E-state index is 6.42. The fourth-order valence-corrected chi connectivity index (χ4v) is 6.22. The third kappa shape index (κ3) is 4.81. The van der Waals surface area contributed by atoms with Gasteiger partial charge in [0.2, 0.25) is 0 Å². The van der Waals surface area contributed by atoms with Gasteiger partial charge < -0.3 is 9.47 Å². The van der Waals surface area contributed by atoms with Crippen molar-refractivity contribution in [3.63, 3.8) is 0 Å². The Morgan fingerprint density at radius 2 is 0.857 bits per heavy atom. The molecule has 0 amide bonds. The molecule has 0 unspecified atom stereocenters. The molecular weight excluding hydrogens is 559 g/mol. The Kier molecular flexibility index (Phi) is 6.90. The molecule has 7 rings (SSSR count). The molecule has 0 atom stereocenters. The minimum atomic E-state index is 0.409.